The Kier molecular flexibility index (Phi) is 4.61. The third kappa shape index (κ3) is 4.38. The van der Waals surface area contributed by atoms with E-state index < -0.39 is 0 Å². The van der Waals surface area contributed by atoms with E-state index in [0.29, 0.717) is 22.1 Å². The third-order valence-electron chi connectivity index (χ3n) is 1.86. The van der Waals surface area contributed by atoms with Gasteiger partial charge in [-0.15, -0.1) is 12.6 Å². The highest BCUT2D eigenvalue weighted by Gasteiger charge is 2.02. The topological polar surface area (TPSA) is 116 Å². The van der Waals surface area contributed by atoms with E-state index in [-0.39, 0.29) is 11.8 Å². The summed E-state index contributed by atoms with van der Waals surface area (Å²) in [5.74, 6) is 0.825. The van der Waals surface area contributed by atoms with Crippen LogP contribution in [-0.4, -0.2) is 9.97 Å². The minimum atomic E-state index is 0.0905. The number of nitrogens with two attached hydrogens (primary N) is 3. The minimum absolute atomic E-state index is 0.0905. The van der Waals surface area contributed by atoms with Crippen molar-refractivity contribution >= 4 is 30.2 Å². The summed E-state index contributed by atoms with van der Waals surface area (Å²) in [6, 6.07) is 1.55. The molecule has 0 saturated heterocycles. The van der Waals surface area contributed by atoms with Gasteiger partial charge in [-0.25, -0.2) is 0 Å². The van der Waals surface area contributed by atoms with Crippen LogP contribution in [0.1, 0.15) is 6.92 Å². The number of hydrogen-bond donors (Lipinski definition) is 5. The molecule has 0 unspecified atom stereocenters. The van der Waals surface area contributed by atoms with Gasteiger partial charge >= 0.3 is 0 Å². The minimum Gasteiger partial charge on any atom is -0.402 e. The molecular weight excluding hydrogens is 248 g/mol. The van der Waals surface area contributed by atoms with Crippen molar-refractivity contribution in [1.82, 2.24) is 9.97 Å². The van der Waals surface area contributed by atoms with Crippen molar-refractivity contribution in [3.8, 4) is 0 Å². The summed E-state index contributed by atoms with van der Waals surface area (Å²) >= 11 is 4.27. The second kappa shape index (κ2) is 5.97. The van der Waals surface area contributed by atoms with Gasteiger partial charge in [-0.2, -0.15) is 9.97 Å². The third-order valence-corrected chi connectivity index (χ3v) is 2.27. The average Bonchev–Trinajstić information content (AvgIpc) is 2.24. The van der Waals surface area contributed by atoms with Gasteiger partial charge in [-0.05, 0) is 19.1 Å². The van der Waals surface area contributed by atoms with Crippen LogP contribution in [-0.2, 0) is 0 Å². The van der Waals surface area contributed by atoms with Gasteiger partial charge < -0.3 is 22.5 Å². The number of anilines is 3. The molecule has 0 amide bonds. The van der Waals surface area contributed by atoms with Gasteiger partial charge in [-0.1, -0.05) is 6.58 Å². The van der Waals surface area contributed by atoms with E-state index in [4.69, 9.17) is 17.2 Å². The summed E-state index contributed by atoms with van der Waals surface area (Å²) in [5.41, 5.74) is 17.8. The number of hydrogen-bond acceptors (Lipinski definition) is 7. The highest BCUT2D eigenvalue weighted by molar-refractivity contribution is 7.84. The van der Waals surface area contributed by atoms with Crippen LogP contribution in [0.25, 0.3) is 0 Å². The van der Waals surface area contributed by atoms with Gasteiger partial charge in [0.1, 0.15) is 11.6 Å². The molecule has 0 radical (unpaired) electrons. The number of allylic oxidation sites excluding steroid dienone is 3. The molecule has 7 heteroatoms. The molecule has 1 heterocycles. The summed E-state index contributed by atoms with van der Waals surface area (Å²) in [7, 11) is 0. The fourth-order valence-electron chi connectivity index (χ4n) is 1.08. The van der Waals surface area contributed by atoms with E-state index >= 15 is 0 Å². The zero-order valence-electron chi connectivity index (χ0n) is 10.0. The maximum absolute atomic E-state index is 5.55. The van der Waals surface area contributed by atoms with Crippen molar-refractivity contribution in [2.24, 2.45) is 5.73 Å². The molecule has 0 atom stereocenters. The van der Waals surface area contributed by atoms with Gasteiger partial charge in [0, 0.05) is 22.4 Å². The molecule has 0 aliphatic rings. The van der Waals surface area contributed by atoms with Crippen LogP contribution in [0.4, 0.5) is 17.6 Å². The Labute approximate surface area is 111 Å². The summed E-state index contributed by atoms with van der Waals surface area (Å²) in [5, 5.41) is 2.93. The van der Waals surface area contributed by atoms with Crippen LogP contribution in [0.5, 0.6) is 0 Å². The lowest BCUT2D eigenvalue weighted by Gasteiger charge is -2.09. The van der Waals surface area contributed by atoms with E-state index in [1.165, 1.54) is 0 Å². The largest absolute Gasteiger partial charge is 0.402 e. The highest BCUT2D eigenvalue weighted by Crippen LogP contribution is 2.17. The van der Waals surface area contributed by atoms with Gasteiger partial charge in [0.05, 0.1) is 0 Å². The first-order valence-corrected chi connectivity index (χ1v) is 5.52. The lowest BCUT2D eigenvalue weighted by molar-refractivity contribution is 1.18. The fourth-order valence-corrected chi connectivity index (χ4v) is 1.21. The van der Waals surface area contributed by atoms with Crippen molar-refractivity contribution in [1.29, 1.82) is 0 Å². The van der Waals surface area contributed by atoms with Gasteiger partial charge in [-0.3, -0.25) is 0 Å². The molecule has 6 nitrogen and oxygen atoms in total. The second-order valence-corrected chi connectivity index (χ2v) is 4.08. The van der Waals surface area contributed by atoms with E-state index in [9.17, 15) is 0 Å². The van der Waals surface area contributed by atoms with Crippen molar-refractivity contribution in [3.05, 3.63) is 41.1 Å². The molecule has 0 aliphatic heterocycles. The number of nitrogen functional groups attached to an aromatic ring is 2. The van der Waals surface area contributed by atoms with Crippen LogP contribution < -0.4 is 22.5 Å². The Morgan fingerprint density at radius 2 is 2.06 bits per heavy atom. The zero-order chi connectivity index (χ0) is 13.7. The van der Waals surface area contributed by atoms with Crippen molar-refractivity contribution < 1.29 is 0 Å². The quantitative estimate of drug-likeness (QED) is 0.413. The second-order valence-electron chi connectivity index (χ2n) is 3.60. The van der Waals surface area contributed by atoms with Gasteiger partial charge in [0.25, 0.3) is 0 Å². The number of nitrogens with one attached hydrogen (secondary N) is 1. The van der Waals surface area contributed by atoms with E-state index in [1.807, 2.05) is 0 Å². The fraction of sp³-hybridized carbons (Fsp3) is 0.0909. The molecule has 1 rings (SSSR count). The number of nitrogens with zero attached hydrogens (tertiary/aromatic N) is 2. The molecule has 18 heavy (non-hydrogen) atoms. The van der Waals surface area contributed by atoms with Crippen molar-refractivity contribution in [2.45, 2.75) is 6.92 Å². The van der Waals surface area contributed by atoms with Crippen molar-refractivity contribution in [2.75, 3.05) is 16.8 Å². The molecule has 0 aliphatic carbocycles. The highest BCUT2D eigenvalue weighted by atomic mass is 32.1. The van der Waals surface area contributed by atoms with Crippen LogP contribution in [0.15, 0.2) is 41.1 Å². The molecule has 7 N–H and O–H groups in total. The first-order valence-electron chi connectivity index (χ1n) is 5.08. The van der Waals surface area contributed by atoms with Crippen LogP contribution in [0.2, 0.25) is 0 Å². The molecule has 0 spiro atoms. The maximum Gasteiger partial charge on any atom is 0.223 e. The molecular formula is C11H16N6S. The Balaban J connectivity index is 2.81. The van der Waals surface area contributed by atoms with Crippen LogP contribution in [0.3, 0.4) is 0 Å². The van der Waals surface area contributed by atoms with Crippen LogP contribution >= 0.6 is 12.6 Å². The van der Waals surface area contributed by atoms with E-state index in [0.717, 1.165) is 0 Å². The van der Waals surface area contributed by atoms with Crippen molar-refractivity contribution in [3.63, 3.8) is 0 Å². The molecule has 1 aromatic heterocycles. The van der Waals surface area contributed by atoms with Gasteiger partial charge in [0.15, 0.2) is 0 Å². The molecule has 0 aromatic carbocycles. The molecule has 0 fully saturated rings. The van der Waals surface area contributed by atoms with Crippen LogP contribution in [0, 0.1) is 0 Å². The van der Waals surface area contributed by atoms with E-state index in [2.05, 4.69) is 34.5 Å². The zero-order valence-corrected chi connectivity index (χ0v) is 10.9. The monoisotopic (exact) mass is 264 g/mol. The summed E-state index contributed by atoms with van der Waals surface area (Å²) in [6.07, 6.45) is 3.44. The standard InChI is InChI=1S/C11H16N6S/c1-6(12)3-4-8(18)7(2)15-10-5-9(13)16-11(14)17-10/h3-5,18H,2,12H2,1H3,(H5,13,14,15,16,17)/b6-3-,8-4+. The Morgan fingerprint density at radius 1 is 1.39 bits per heavy atom. The molecule has 1 aromatic rings. The summed E-state index contributed by atoms with van der Waals surface area (Å²) < 4.78 is 0. The predicted octanol–water partition coefficient (Wildman–Crippen LogP) is 1.24. The molecule has 96 valence electrons. The Morgan fingerprint density at radius 3 is 2.61 bits per heavy atom. The summed E-state index contributed by atoms with van der Waals surface area (Å²) in [6.45, 7) is 5.60. The number of rotatable bonds is 4. The SMILES string of the molecule is C=C(Nc1cc(N)nc(N)n1)/C(S)=C\C=C(\C)N. The predicted molar refractivity (Wildman–Crippen MR) is 78.6 cm³/mol. The van der Waals surface area contributed by atoms with Gasteiger partial charge in [0.2, 0.25) is 5.95 Å². The lowest BCUT2D eigenvalue weighted by Crippen LogP contribution is -2.05. The molecule has 0 saturated carbocycles. The number of aromatic nitrogens is 2. The smallest absolute Gasteiger partial charge is 0.223 e. The summed E-state index contributed by atoms with van der Waals surface area (Å²) in [4.78, 5) is 8.35. The van der Waals surface area contributed by atoms with E-state index in [1.54, 1.807) is 25.1 Å². The first kappa shape index (κ1) is 13.9. The molecule has 0 bridgehead atoms. The first-order chi connectivity index (χ1) is 8.38. The maximum atomic E-state index is 5.55. The lowest BCUT2D eigenvalue weighted by atomic mass is 10.3. The Hall–Kier alpha value is -2.15. The average molecular weight is 264 g/mol. The normalized spacial score (nSPS) is 12.3. The Bertz CT molecular complexity index is 496. The number of thiol groups is 1.